The standard InChI is InChI=1S/C10H9ClN2.Cl2OS/c11-6-9-7-13(8-12-9)10-4-2-1-3-5-10;1-4(2)3/h1-5,7-8H,6H2;. The fraction of sp³-hybridized carbons (Fsp3) is 0.100. The molecule has 0 aliphatic heterocycles. The van der Waals surface area contributed by atoms with Gasteiger partial charge in [0, 0.05) is 11.9 Å². The molecule has 0 unspecified atom stereocenters. The van der Waals surface area contributed by atoms with E-state index in [-0.39, 0.29) is 0 Å². The molecule has 1 heterocycles. The predicted molar refractivity (Wildman–Crippen MR) is 73.0 cm³/mol. The van der Waals surface area contributed by atoms with Gasteiger partial charge in [-0.3, -0.25) is 0 Å². The van der Waals surface area contributed by atoms with Crippen LogP contribution in [0.5, 0.6) is 0 Å². The first-order valence-corrected chi connectivity index (χ1v) is 7.85. The number of hydrogen-bond donors (Lipinski definition) is 0. The van der Waals surface area contributed by atoms with Gasteiger partial charge in [-0.25, -0.2) is 4.98 Å². The van der Waals surface area contributed by atoms with Crippen LogP contribution in [0.4, 0.5) is 0 Å². The third-order valence-corrected chi connectivity index (χ3v) is 2.10. The largest absolute Gasteiger partial charge is 0.582 e. The zero-order valence-electron chi connectivity index (χ0n) is 8.59. The van der Waals surface area contributed by atoms with Crippen LogP contribution in [-0.2, 0) is 15.5 Å². The molecule has 1 aromatic heterocycles. The van der Waals surface area contributed by atoms with Crippen LogP contribution >= 0.6 is 33.0 Å². The SMILES string of the molecule is ClCc1cn(-c2ccccc2)cn1.[O-][S+](Cl)Cl. The number of imidazole rings is 1. The van der Waals surface area contributed by atoms with E-state index >= 15 is 0 Å². The molecule has 0 N–H and O–H groups in total. The van der Waals surface area contributed by atoms with Crippen LogP contribution in [0, 0.1) is 0 Å². The Morgan fingerprint density at radius 3 is 2.29 bits per heavy atom. The molecule has 92 valence electrons. The van der Waals surface area contributed by atoms with Crippen molar-refractivity contribution in [3.63, 3.8) is 0 Å². The smallest absolute Gasteiger partial charge is 0.198 e. The summed E-state index contributed by atoms with van der Waals surface area (Å²) in [4.78, 5) is 4.14. The molecule has 2 rings (SSSR count). The Hall–Kier alpha value is -0.390. The third-order valence-electron chi connectivity index (χ3n) is 1.83. The molecule has 0 amide bonds. The van der Waals surface area contributed by atoms with Crippen molar-refractivity contribution in [1.29, 1.82) is 0 Å². The van der Waals surface area contributed by atoms with Gasteiger partial charge in [-0.15, -0.1) is 11.6 Å². The molecule has 17 heavy (non-hydrogen) atoms. The van der Waals surface area contributed by atoms with Crippen LogP contribution in [0.3, 0.4) is 0 Å². The maximum atomic E-state index is 9.09. The van der Waals surface area contributed by atoms with E-state index in [0.717, 1.165) is 11.4 Å². The molecule has 7 heteroatoms. The number of halogens is 3. The lowest BCUT2D eigenvalue weighted by atomic mass is 10.3. The Balaban J connectivity index is 0.000000317. The van der Waals surface area contributed by atoms with Crippen LogP contribution < -0.4 is 0 Å². The highest BCUT2D eigenvalue weighted by Gasteiger charge is 1.97. The van der Waals surface area contributed by atoms with Crippen molar-refractivity contribution >= 4 is 42.6 Å². The van der Waals surface area contributed by atoms with Gasteiger partial charge in [0.25, 0.3) is 0 Å². The molecule has 0 bridgehead atoms. The van der Waals surface area contributed by atoms with E-state index in [1.807, 2.05) is 41.1 Å². The summed E-state index contributed by atoms with van der Waals surface area (Å²) in [6.07, 6.45) is 3.70. The second-order valence-electron chi connectivity index (χ2n) is 2.93. The Bertz CT molecular complexity index is 433. The second-order valence-corrected chi connectivity index (χ2v) is 5.72. The number of alkyl halides is 1. The lowest BCUT2D eigenvalue weighted by Gasteiger charge is -1.98. The Morgan fingerprint density at radius 2 is 1.82 bits per heavy atom. The van der Waals surface area contributed by atoms with Gasteiger partial charge >= 0.3 is 0 Å². The number of rotatable bonds is 2. The van der Waals surface area contributed by atoms with Crippen molar-refractivity contribution in [1.82, 2.24) is 9.55 Å². The van der Waals surface area contributed by atoms with Crippen molar-refractivity contribution in [3.8, 4) is 5.69 Å². The van der Waals surface area contributed by atoms with Gasteiger partial charge < -0.3 is 9.12 Å². The number of hydrogen-bond acceptors (Lipinski definition) is 2. The highest BCUT2D eigenvalue weighted by atomic mass is 36.0. The average Bonchev–Trinajstić information content (AvgIpc) is 2.78. The molecule has 0 saturated carbocycles. The Morgan fingerprint density at radius 1 is 1.24 bits per heavy atom. The quantitative estimate of drug-likeness (QED) is 0.627. The second kappa shape index (κ2) is 7.84. The topological polar surface area (TPSA) is 40.9 Å². The molecule has 1 aromatic carbocycles. The van der Waals surface area contributed by atoms with Crippen molar-refractivity contribution < 1.29 is 4.55 Å². The lowest BCUT2D eigenvalue weighted by Crippen LogP contribution is -1.87. The van der Waals surface area contributed by atoms with Gasteiger partial charge in [0.15, 0.2) is 31.0 Å². The summed E-state index contributed by atoms with van der Waals surface area (Å²) < 4.78 is 11.0. The zero-order chi connectivity index (χ0) is 12.7. The van der Waals surface area contributed by atoms with Gasteiger partial charge in [0.1, 0.15) is 0 Å². The number of nitrogens with zero attached hydrogens (tertiary/aromatic N) is 2. The summed E-state index contributed by atoms with van der Waals surface area (Å²) >= 11 is 5.65. The van der Waals surface area contributed by atoms with Gasteiger partial charge in [0.05, 0.1) is 17.9 Å². The Kier molecular flexibility index (Phi) is 6.77. The summed E-state index contributed by atoms with van der Waals surface area (Å²) in [6.45, 7) is 0. The minimum Gasteiger partial charge on any atom is -0.582 e. The molecular formula is C10H9Cl3N2OS. The molecule has 0 spiro atoms. The molecule has 0 aliphatic rings. The fourth-order valence-corrected chi connectivity index (χ4v) is 1.31. The first-order valence-electron chi connectivity index (χ1n) is 4.52. The average molecular weight is 312 g/mol. The molecule has 3 nitrogen and oxygen atoms in total. The van der Waals surface area contributed by atoms with E-state index in [1.54, 1.807) is 6.33 Å². The molecule has 2 aromatic rings. The van der Waals surface area contributed by atoms with E-state index in [1.165, 1.54) is 0 Å². The van der Waals surface area contributed by atoms with E-state index in [0.29, 0.717) is 5.88 Å². The van der Waals surface area contributed by atoms with Gasteiger partial charge in [-0.2, -0.15) is 0 Å². The molecule has 0 atom stereocenters. The zero-order valence-corrected chi connectivity index (χ0v) is 11.7. The number of benzene rings is 1. The van der Waals surface area contributed by atoms with Crippen molar-refractivity contribution in [3.05, 3.63) is 48.5 Å². The highest BCUT2D eigenvalue weighted by Crippen LogP contribution is 2.08. The summed E-state index contributed by atoms with van der Waals surface area (Å²) in [5.41, 5.74) is 2.00. The first kappa shape index (κ1) is 14.7. The summed E-state index contributed by atoms with van der Waals surface area (Å²) in [5.74, 6) is 0.458. The predicted octanol–water partition coefficient (Wildman–Crippen LogP) is 3.65. The molecule has 0 saturated heterocycles. The van der Waals surface area contributed by atoms with Crippen LogP contribution in [0.2, 0.25) is 0 Å². The van der Waals surface area contributed by atoms with E-state index in [2.05, 4.69) is 26.3 Å². The minimum absolute atomic E-state index is 0.458. The minimum atomic E-state index is -1.67. The summed E-state index contributed by atoms with van der Waals surface area (Å²) in [6, 6.07) is 10.0. The van der Waals surface area contributed by atoms with E-state index in [4.69, 9.17) is 16.2 Å². The van der Waals surface area contributed by atoms with Crippen molar-refractivity contribution in [2.24, 2.45) is 0 Å². The molecular weight excluding hydrogens is 303 g/mol. The van der Waals surface area contributed by atoms with Crippen molar-refractivity contribution in [2.75, 3.05) is 0 Å². The molecule has 0 fully saturated rings. The number of para-hydroxylation sites is 1. The Labute approximate surface area is 117 Å². The van der Waals surface area contributed by atoms with Gasteiger partial charge in [0.2, 0.25) is 0 Å². The normalized spacial score (nSPS) is 9.94. The van der Waals surface area contributed by atoms with Gasteiger partial charge in [-0.05, 0) is 12.1 Å². The van der Waals surface area contributed by atoms with Crippen LogP contribution in [0.25, 0.3) is 5.69 Å². The highest BCUT2D eigenvalue weighted by molar-refractivity contribution is 8.31. The van der Waals surface area contributed by atoms with E-state index < -0.39 is 9.60 Å². The lowest BCUT2D eigenvalue weighted by molar-refractivity contribution is 0.620. The summed E-state index contributed by atoms with van der Waals surface area (Å²) in [7, 11) is 7.36. The maximum Gasteiger partial charge on any atom is 0.198 e. The first-order chi connectivity index (χ1) is 8.13. The summed E-state index contributed by atoms with van der Waals surface area (Å²) in [5, 5.41) is 0. The van der Waals surface area contributed by atoms with Crippen LogP contribution in [0.1, 0.15) is 5.69 Å². The third kappa shape index (κ3) is 5.66. The molecule has 0 aliphatic carbocycles. The van der Waals surface area contributed by atoms with E-state index in [9.17, 15) is 0 Å². The monoisotopic (exact) mass is 310 g/mol. The number of aromatic nitrogens is 2. The van der Waals surface area contributed by atoms with Gasteiger partial charge in [-0.1, -0.05) is 18.2 Å². The maximum absolute atomic E-state index is 9.09. The molecule has 0 radical (unpaired) electrons. The fourth-order valence-electron chi connectivity index (χ4n) is 1.17. The van der Waals surface area contributed by atoms with Crippen LogP contribution in [0.15, 0.2) is 42.9 Å². The van der Waals surface area contributed by atoms with Crippen molar-refractivity contribution in [2.45, 2.75) is 5.88 Å². The van der Waals surface area contributed by atoms with Crippen LogP contribution in [-0.4, -0.2) is 14.1 Å².